The van der Waals surface area contributed by atoms with Crippen LogP contribution in [-0.2, 0) is 4.79 Å². The summed E-state index contributed by atoms with van der Waals surface area (Å²) >= 11 is 0. The van der Waals surface area contributed by atoms with E-state index in [9.17, 15) is 4.79 Å². The van der Waals surface area contributed by atoms with E-state index in [1.807, 2.05) is 84.9 Å². The maximum absolute atomic E-state index is 13.3. The van der Waals surface area contributed by atoms with E-state index < -0.39 is 0 Å². The number of hydrazone groups is 1. The lowest BCUT2D eigenvalue weighted by atomic mass is 10.00. The van der Waals surface area contributed by atoms with Gasteiger partial charge in [-0.05, 0) is 35.9 Å². The molecule has 0 bridgehead atoms. The Balaban J connectivity index is 1.81. The van der Waals surface area contributed by atoms with Crippen LogP contribution in [0.4, 0.5) is 5.69 Å². The molecule has 4 rings (SSSR count). The number of methoxy groups -OCH3 is 2. The SMILES string of the molecule is COc1ccc(/C=C2\C(=O)N(c3ccccc3)N=C2c2ccccc2)cc1OC. The van der Waals surface area contributed by atoms with Crippen molar-refractivity contribution in [2.75, 3.05) is 19.2 Å². The van der Waals surface area contributed by atoms with Crippen LogP contribution >= 0.6 is 0 Å². The summed E-state index contributed by atoms with van der Waals surface area (Å²) in [5.41, 5.74) is 3.58. The van der Waals surface area contributed by atoms with Crippen LogP contribution in [0.3, 0.4) is 0 Å². The summed E-state index contributed by atoms with van der Waals surface area (Å²) in [7, 11) is 3.18. The van der Waals surface area contributed by atoms with Gasteiger partial charge in [-0.1, -0.05) is 54.6 Å². The van der Waals surface area contributed by atoms with Gasteiger partial charge < -0.3 is 9.47 Å². The van der Waals surface area contributed by atoms with Gasteiger partial charge in [0, 0.05) is 5.56 Å². The number of para-hydroxylation sites is 1. The van der Waals surface area contributed by atoms with Crippen molar-refractivity contribution in [2.45, 2.75) is 0 Å². The molecule has 1 amide bonds. The van der Waals surface area contributed by atoms with E-state index in [2.05, 4.69) is 5.10 Å². The van der Waals surface area contributed by atoms with Gasteiger partial charge in [-0.25, -0.2) is 0 Å². The number of anilines is 1. The Morgan fingerprint density at radius 2 is 1.48 bits per heavy atom. The first kappa shape index (κ1) is 18.5. The molecule has 29 heavy (non-hydrogen) atoms. The molecule has 1 aliphatic rings. The van der Waals surface area contributed by atoms with Gasteiger partial charge in [-0.15, -0.1) is 0 Å². The van der Waals surface area contributed by atoms with E-state index in [1.165, 1.54) is 5.01 Å². The zero-order valence-electron chi connectivity index (χ0n) is 16.2. The smallest absolute Gasteiger partial charge is 0.281 e. The van der Waals surface area contributed by atoms with Crippen molar-refractivity contribution in [3.05, 3.63) is 95.6 Å². The highest BCUT2D eigenvalue weighted by Gasteiger charge is 2.31. The van der Waals surface area contributed by atoms with E-state index in [0.29, 0.717) is 22.8 Å². The lowest BCUT2D eigenvalue weighted by Gasteiger charge is -2.11. The quantitative estimate of drug-likeness (QED) is 0.607. The van der Waals surface area contributed by atoms with Gasteiger partial charge in [0.1, 0.15) is 5.71 Å². The largest absolute Gasteiger partial charge is 0.493 e. The van der Waals surface area contributed by atoms with Crippen LogP contribution in [0.15, 0.2) is 89.5 Å². The zero-order valence-corrected chi connectivity index (χ0v) is 16.2. The van der Waals surface area contributed by atoms with Crippen molar-refractivity contribution in [2.24, 2.45) is 5.10 Å². The molecule has 1 heterocycles. The van der Waals surface area contributed by atoms with Gasteiger partial charge in [0.05, 0.1) is 25.5 Å². The first-order valence-corrected chi connectivity index (χ1v) is 9.19. The number of carbonyl (C=O) groups excluding carboxylic acids is 1. The van der Waals surface area contributed by atoms with Gasteiger partial charge in [0.2, 0.25) is 0 Å². The summed E-state index contributed by atoms with van der Waals surface area (Å²) in [6.45, 7) is 0. The van der Waals surface area contributed by atoms with Crippen LogP contribution in [0.5, 0.6) is 11.5 Å². The van der Waals surface area contributed by atoms with Crippen LogP contribution in [0.25, 0.3) is 6.08 Å². The average Bonchev–Trinajstić information content (AvgIpc) is 3.11. The van der Waals surface area contributed by atoms with Crippen LogP contribution in [0.2, 0.25) is 0 Å². The third-order valence-corrected chi connectivity index (χ3v) is 4.64. The van der Waals surface area contributed by atoms with Crippen LogP contribution in [0, 0.1) is 0 Å². The fourth-order valence-corrected chi connectivity index (χ4v) is 3.21. The Kier molecular flexibility index (Phi) is 5.12. The maximum Gasteiger partial charge on any atom is 0.281 e. The van der Waals surface area contributed by atoms with E-state index in [4.69, 9.17) is 9.47 Å². The van der Waals surface area contributed by atoms with Gasteiger partial charge in [0.15, 0.2) is 11.5 Å². The molecule has 0 saturated heterocycles. The predicted molar refractivity (Wildman–Crippen MR) is 114 cm³/mol. The lowest BCUT2D eigenvalue weighted by Crippen LogP contribution is -2.21. The van der Waals surface area contributed by atoms with E-state index in [1.54, 1.807) is 14.2 Å². The highest BCUT2D eigenvalue weighted by atomic mass is 16.5. The molecule has 0 unspecified atom stereocenters. The molecule has 0 saturated carbocycles. The number of hydrogen-bond acceptors (Lipinski definition) is 4. The van der Waals surface area contributed by atoms with E-state index in [-0.39, 0.29) is 5.91 Å². The minimum Gasteiger partial charge on any atom is -0.493 e. The molecule has 0 N–H and O–H groups in total. The fourth-order valence-electron chi connectivity index (χ4n) is 3.21. The second-order valence-electron chi connectivity index (χ2n) is 6.44. The van der Waals surface area contributed by atoms with Crippen molar-refractivity contribution >= 4 is 23.4 Å². The molecule has 5 heteroatoms. The standard InChI is InChI=1S/C24H20N2O3/c1-28-21-14-13-17(16-22(21)29-2)15-20-23(18-9-5-3-6-10-18)25-26(24(20)27)19-11-7-4-8-12-19/h3-16H,1-2H3/b20-15-. The summed E-state index contributed by atoms with van der Waals surface area (Å²) in [6, 6.07) is 24.6. The van der Waals surface area contributed by atoms with E-state index in [0.717, 1.165) is 16.8 Å². The average molecular weight is 384 g/mol. The second-order valence-corrected chi connectivity index (χ2v) is 6.44. The molecular weight excluding hydrogens is 364 g/mol. The minimum absolute atomic E-state index is 0.176. The maximum atomic E-state index is 13.3. The third-order valence-electron chi connectivity index (χ3n) is 4.64. The number of benzene rings is 3. The Bertz CT molecular complexity index is 1090. The molecule has 5 nitrogen and oxygen atoms in total. The van der Waals surface area contributed by atoms with Crippen LogP contribution in [0.1, 0.15) is 11.1 Å². The minimum atomic E-state index is -0.176. The molecule has 0 aromatic heterocycles. The third kappa shape index (κ3) is 3.62. The highest BCUT2D eigenvalue weighted by molar-refractivity contribution is 6.37. The number of carbonyl (C=O) groups is 1. The Morgan fingerprint density at radius 3 is 2.14 bits per heavy atom. The van der Waals surface area contributed by atoms with Gasteiger partial charge in [-0.2, -0.15) is 10.1 Å². The molecule has 0 radical (unpaired) electrons. The molecule has 3 aromatic carbocycles. The monoisotopic (exact) mass is 384 g/mol. The van der Waals surface area contributed by atoms with Crippen molar-refractivity contribution < 1.29 is 14.3 Å². The zero-order chi connectivity index (χ0) is 20.2. The van der Waals surface area contributed by atoms with Gasteiger partial charge >= 0.3 is 0 Å². The van der Waals surface area contributed by atoms with Crippen molar-refractivity contribution in [1.29, 1.82) is 0 Å². The number of amides is 1. The number of ether oxygens (including phenoxy) is 2. The van der Waals surface area contributed by atoms with E-state index >= 15 is 0 Å². The number of hydrogen-bond donors (Lipinski definition) is 0. The van der Waals surface area contributed by atoms with Crippen molar-refractivity contribution in [3.63, 3.8) is 0 Å². The summed E-state index contributed by atoms with van der Waals surface area (Å²) in [4.78, 5) is 13.3. The molecule has 144 valence electrons. The van der Waals surface area contributed by atoms with Crippen LogP contribution < -0.4 is 14.5 Å². The van der Waals surface area contributed by atoms with Crippen molar-refractivity contribution in [1.82, 2.24) is 0 Å². The molecule has 0 spiro atoms. The highest BCUT2D eigenvalue weighted by Crippen LogP contribution is 2.31. The second kappa shape index (κ2) is 8.02. The normalized spacial score (nSPS) is 14.8. The predicted octanol–water partition coefficient (Wildman–Crippen LogP) is 4.54. The summed E-state index contributed by atoms with van der Waals surface area (Å²) in [5, 5.41) is 6.08. The molecule has 0 aliphatic carbocycles. The number of nitrogens with zero attached hydrogens (tertiary/aromatic N) is 2. The van der Waals surface area contributed by atoms with Crippen LogP contribution in [-0.4, -0.2) is 25.8 Å². The molecule has 0 fully saturated rings. The topological polar surface area (TPSA) is 51.1 Å². The molecule has 3 aromatic rings. The Hall–Kier alpha value is -3.86. The first-order valence-electron chi connectivity index (χ1n) is 9.19. The van der Waals surface area contributed by atoms with Gasteiger partial charge in [-0.3, -0.25) is 4.79 Å². The Morgan fingerprint density at radius 1 is 0.828 bits per heavy atom. The number of rotatable bonds is 5. The lowest BCUT2D eigenvalue weighted by molar-refractivity contribution is -0.114. The van der Waals surface area contributed by atoms with Gasteiger partial charge in [0.25, 0.3) is 5.91 Å². The Labute approximate surface area is 169 Å². The molecule has 0 atom stereocenters. The molecular formula is C24H20N2O3. The molecule has 1 aliphatic heterocycles. The summed E-state index contributed by atoms with van der Waals surface area (Å²) in [6.07, 6.45) is 1.83. The fraction of sp³-hybridized carbons (Fsp3) is 0.0833. The summed E-state index contributed by atoms with van der Waals surface area (Å²) < 4.78 is 10.7. The first-order chi connectivity index (χ1) is 14.2. The summed E-state index contributed by atoms with van der Waals surface area (Å²) in [5.74, 6) is 1.06. The van der Waals surface area contributed by atoms with Crippen molar-refractivity contribution in [3.8, 4) is 11.5 Å².